The molecule has 0 aromatic rings. The number of fused-ring (bicyclic) bond motifs is 7. The minimum Gasteiger partial charge on any atom is -0.0530 e. The topological polar surface area (TPSA) is 0 Å². The molecule has 9 fully saturated rings. The zero-order valence-corrected chi connectivity index (χ0v) is 23.0. The van der Waals surface area contributed by atoms with E-state index in [1.165, 1.54) is 68.6 Å². The predicted molar refractivity (Wildman–Crippen MR) is 148 cm³/mol. The van der Waals surface area contributed by atoms with Gasteiger partial charge < -0.3 is 0 Å². The third-order valence-corrected chi connectivity index (χ3v) is 12.3. The van der Waals surface area contributed by atoms with E-state index in [9.17, 15) is 0 Å². The smallest absolute Gasteiger partial charge is 0.0386 e. The zero-order chi connectivity index (χ0) is 23.0. The van der Waals surface area contributed by atoms with Crippen molar-refractivity contribution in [3.63, 3.8) is 0 Å². The van der Waals surface area contributed by atoms with Gasteiger partial charge in [0, 0.05) is 0 Å². The summed E-state index contributed by atoms with van der Waals surface area (Å²) < 4.78 is 0. The first-order valence-corrected chi connectivity index (χ1v) is 16.8. The molecule has 2 atom stereocenters. The summed E-state index contributed by atoms with van der Waals surface area (Å²) in [4.78, 5) is 0. The molecule has 9 aliphatic rings. The van der Waals surface area contributed by atoms with Crippen molar-refractivity contribution in [2.45, 2.75) is 167 Å². The molecular formula is C34H60. The maximum absolute atomic E-state index is 1.58. The minimum absolute atomic E-state index is 1.15. The molecule has 196 valence electrons. The molecule has 0 spiro atoms. The Morgan fingerprint density at radius 1 is 0.206 bits per heavy atom. The molecule has 0 saturated heterocycles. The number of rotatable bonds is 0. The number of hydrogen-bond acceptors (Lipinski definition) is 0. The summed E-state index contributed by atoms with van der Waals surface area (Å²) in [7, 11) is 0. The van der Waals surface area contributed by atoms with Crippen LogP contribution < -0.4 is 0 Å². The number of hydrogen-bond donors (Lipinski definition) is 0. The summed E-state index contributed by atoms with van der Waals surface area (Å²) in [5.41, 5.74) is 0. The molecule has 9 saturated carbocycles. The van der Waals surface area contributed by atoms with E-state index < -0.39 is 0 Å². The van der Waals surface area contributed by atoms with Crippen molar-refractivity contribution in [3.8, 4) is 0 Å². The summed E-state index contributed by atoms with van der Waals surface area (Å²) >= 11 is 0. The second-order valence-electron chi connectivity index (χ2n) is 14.4. The Morgan fingerprint density at radius 3 is 0.647 bits per heavy atom. The summed E-state index contributed by atoms with van der Waals surface area (Å²) in [5.74, 6) is 9.29. The molecule has 0 aromatic heterocycles. The molecule has 34 heavy (non-hydrogen) atoms. The first-order chi connectivity index (χ1) is 16.8. The molecular weight excluding hydrogens is 408 g/mol. The van der Waals surface area contributed by atoms with Crippen LogP contribution in [0.2, 0.25) is 0 Å². The maximum atomic E-state index is 1.58. The molecule has 0 nitrogen and oxygen atoms in total. The maximum Gasteiger partial charge on any atom is -0.0386 e. The van der Waals surface area contributed by atoms with Crippen LogP contribution in [0.5, 0.6) is 0 Å². The fourth-order valence-corrected chi connectivity index (χ4v) is 10.00. The second kappa shape index (κ2) is 13.5. The first-order valence-electron chi connectivity index (χ1n) is 16.8. The molecule has 0 heterocycles. The van der Waals surface area contributed by atoms with Gasteiger partial charge in [0.05, 0.1) is 0 Å². The van der Waals surface area contributed by atoms with Crippen LogP contribution in [0.1, 0.15) is 167 Å². The fraction of sp³-hybridized carbons (Fsp3) is 1.00. The Labute approximate surface area is 214 Å². The van der Waals surface area contributed by atoms with Crippen molar-refractivity contribution in [2.24, 2.45) is 47.3 Å². The Hall–Kier alpha value is 0. The van der Waals surface area contributed by atoms with E-state index >= 15 is 0 Å². The molecule has 9 aliphatic carbocycles. The van der Waals surface area contributed by atoms with Crippen LogP contribution in [0.15, 0.2) is 0 Å². The molecule has 0 amide bonds. The van der Waals surface area contributed by atoms with Gasteiger partial charge in [0.15, 0.2) is 0 Å². The van der Waals surface area contributed by atoms with E-state index in [0.29, 0.717) is 0 Å². The van der Waals surface area contributed by atoms with E-state index in [0.717, 1.165) is 23.7 Å². The van der Waals surface area contributed by atoms with Gasteiger partial charge in [0.25, 0.3) is 0 Å². The zero-order valence-electron chi connectivity index (χ0n) is 23.0. The highest BCUT2D eigenvalue weighted by Gasteiger charge is 2.31. The van der Waals surface area contributed by atoms with Crippen molar-refractivity contribution in [1.82, 2.24) is 0 Å². The lowest BCUT2D eigenvalue weighted by atomic mass is 9.71. The van der Waals surface area contributed by atoms with Crippen molar-refractivity contribution in [1.29, 1.82) is 0 Å². The van der Waals surface area contributed by atoms with Crippen LogP contribution in [0, 0.1) is 47.3 Å². The van der Waals surface area contributed by atoms with Crippen LogP contribution in [-0.4, -0.2) is 0 Å². The van der Waals surface area contributed by atoms with E-state index in [2.05, 4.69) is 0 Å². The minimum atomic E-state index is 1.15. The van der Waals surface area contributed by atoms with Crippen LogP contribution in [0.3, 0.4) is 0 Å². The summed E-state index contributed by atoms with van der Waals surface area (Å²) in [6.45, 7) is 0. The van der Waals surface area contributed by atoms with E-state index in [1.54, 1.807) is 122 Å². The van der Waals surface area contributed by atoms with Crippen molar-refractivity contribution >= 4 is 0 Å². The first kappa shape index (κ1) is 25.6. The molecule has 0 heteroatoms. The van der Waals surface area contributed by atoms with Gasteiger partial charge in [-0.05, 0) is 53.8 Å². The summed E-state index contributed by atoms with van der Waals surface area (Å²) in [6.07, 6.45) is 40.4. The molecule has 0 aromatic carbocycles. The SMILES string of the molecule is C1CC2CCC1C2.C1CC2CCC1CC2.C1CCC2CCCC2C1.C1CCC2CCCCC2C1. The largest absolute Gasteiger partial charge is 0.0530 e. The van der Waals surface area contributed by atoms with Crippen molar-refractivity contribution in [3.05, 3.63) is 0 Å². The quantitative estimate of drug-likeness (QED) is 0.331. The fourth-order valence-electron chi connectivity index (χ4n) is 10.00. The van der Waals surface area contributed by atoms with Gasteiger partial charge in [-0.25, -0.2) is 0 Å². The molecule has 4 bridgehead atoms. The molecule has 2 unspecified atom stereocenters. The van der Waals surface area contributed by atoms with Gasteiger partial charge in [0.1, 0.15) is 0 Å². The van der Waals surface area contributed by atoms with Gasteiger partial charge in [-0.2, -0.15) is 0 Å². The summed E-state index contributed by atoms with van der Waals surface area (Å²) in [5, 5.41) is 0. The van der Waals surface area contributed by atoms with E-state index in [1.807, 2.05) is 0 Å². The highest BCUT2D eigenvalue weighted by atomic mass is 14.4. The van der Waals surface area contributed by atoms with Crippen molar-refractivity contribution in [2.75, 3.05) is 0 Å². The van der Waals surface area contributed by atoms with Gasteiger partial charge in [0.2, 0.25) is 0 Å². The Bertz CT molecular complexity index is 477. The van der Waals surface area contributed by atoms with Gasteiger partial charge in [-0.15, -0.1) is 0 Å². The highest BCUT2D eigenvalue weighted by molar-refractivity contribution is 4.83. The monoisotopic (exact) mass is 468 g/mol. The average Bonchev–Trinajstić information content (AvgIpc) is 3.70. The average molecular weight is 469 g/mol. The lowest BCUT2D eigenvalue weighted by Gasteiger charge is -2.35. The Balaban J connectivity index is 0.0000000950. The van der Waals surface area contributed by atoms with E-state index in [-0.39, 0.29) is 0 Å². The van der Waals surface area contributed by atoms with Crippen LogP contribution >= 0.6 is 0 Å². The van der Waals surface area contributed by atoms with Gasteiger partial charge in [-0.3, -0.25) is 0 Å². The summed E-state index contributed by atoms with van der Waals surface area (Å²) in [6, 6.07) is 0. The van der Waals surface area contributed by atoms with E-state index in [4.69, 9.17) is 0 Å². The van der Waals surface area contributed by atoms with Crippen LogP contribution in [0.25, 0.3) is 0 Å². The van der Waals surface area contributed by atoms with Crippen LogP contribution in [-0.2, 0) is 0 Å². The Morgan fingerprint density at radius 2 is 0.441 bits per heavy atom. The Kier molecular flexibility index (Phi) is 10.2. The third-order valence-electron chi connectivity index (χ3n) is 12.3. The predicted octanol–water partition coefficient (Wildman–Crippen LogP) is 11.1. The standard InChI is InChI=1S/C10H18.C9H16.C8H14.C7H12/c1-2-6-10-8-4-3-7-9(10)5-1;1-2-5-9-7-3-6-8(9)4-1;1-2-8-5-3-7(1)4-6-8;1-2-7-4-3-6(1)5-7/h9-10H,1-8H2;8-9H,1-7H2;7-8H,1-6H2;6-7H,1-5H2. The van der Waals surface area contributed by atoms with Crippen LogP contribution in [0.4, 0.5) is 0 Å². The molecule has 0 N–H and O–H groups in total. The van der Waals surface area contributed by atoms with Crippen molar-refractivity contribution < 1.29 is 0 Å². The highest BCUT2D eigenvalue weighted by Crippen LogP contribution is 2.44. The second-order valence-corrected chi connectivity index (χ2v) is 14.4. The van der Waals surface area contributed by atoms with Gasteiger partial charge in [-0.1, -0.05) is 161 Å². The normalized spacial score (nSPS) is 43.8. The molecule has 0 aliphatic heterocycles. The lowest BCUT2D eigenvalue weighted by Crippen LogP contribution is -2.22. The third kappa shape index (κ3) is 7.51. The lowest BCUT2D eigenvalue weighted by molar-refractivity contribution is 0.171. The molecule has 9 rings (SSSR count). The van der Waals surface area contributed by atoms with Gasteiger partial charge >= 0.3 is 0 Å². The molecule has 0 radical (unpaired) electrons.